The quantitative estimate of drug-likeness (QED) is 0.398. The van der Waals surface area contributed by atoms with Crippen molar-refractivity contribution in [2.24, 2.45) is 0 Å². The van der Waals surface area contributed by atoms with E-state index >= 15 is 0 Å². The smallest absolute Gasteiger partial charge is 0.337 e. The zero-order valence-corrected chi connectivity index (χ0v) is 18.9. The van der Waals surface area contributed by atoms with Crippen LogP contribution in [0.15, 0.2) is 75.9 Å². The highest BCUT2D eigenvalue weighted by Crippen LogP contribution is 2.39. The van der Waals surface area contributed by atoms with Crippen molar-refractivity contribution in [3.05, 3.63) is 111 Å². The zero-order chi connectivity index (χ0) is 24.7. The molecule has 8 heteroatoms. The molecule has 176 valence electrons. The van der Waals surface area contributed by atoms with Crippen molar-refractivity contribution in [2.45, 2.75) is 12.6 Å². The van der Waals surface area contributed by atoms with Gasteiger partial charge in [0.25, 0.3) is 5.91 Å². The summed E-state index contributed by atoms with van der Waals surface area (Å²) >= 11 is 0. The number of nitrogens with zero attached hydrogens (tertiary/aromatic N) is 1. The van der Waals surface area contributed by atoms with Gasteiger partial charge in [-0.25, -0.2) is 9.18 Å². The maximum atomic E-state index is 13.9. The molecule has 3 aromatic carbocycles. The van der Waals surface area contributed by atoms with Crippen molar-refractivity contribution >= 4 is 22.8 Å². The van der Waals surface area contributed by atoms with Gasteiger partial charge in [0.2, 0.25) is 5.76 Å². The number of methoxy groups -OCH3 is 2. The number of ether oxygens (including phenoxy) is 2. The summed E-state index contributed by atoms with van der Waals surface area (Å²) in [6.07, 6.45) is 0. The summed E-state index contributed by atoms with van der Waals surface area (Å²) in [4.78, 5) is 40.4. The lowest BCUT2D eigenvalue weighted by Crippen LogP contribution is -2.29. The van der Waals surface area contributed by atoms with Gasteiger partial charge < -0.3 is 18.8 Å². The number of amides is 1. The summed E-state index contributed by atoms with van der Waals surface area (Å²) in [5.41, 5.74) is 1.53. The van der Waals surface area contributed by atoms with E-state index in [1.54, 1.807) is 43.5 Å². The Bertz CT molecular complexity index is 1510. The minimum atomic E-state index is -0.796. The van der Waals surface area contributed by atoms with E-state index in [1.165, 1.54) is 24.1 Å². The van der Waals surface area contributed by atoms with Crippen molar-refractivity contribution < 1.29 is 27.9 Å². The van der Waals surface area contributed by atoms with Gasteiger partial charge >= 0.3 is 5.97 Å². The third-order valence-electron chi connectivity index (χ3n) is 6.09. The third kappa shape index (κ3) is 3.82. The molecule has 0 bridgehead atoms. The van der Waals surface area contributed by atoms with Crippen LogP contribution in [0.4, 0.5) is 4.39 Å². The molecule has 0 spiro atoms. The van der Waals surface area contributed by atoms with Gasteiger partial charge in [-0.15, -0.1) is 0 Å². The summed E-state index contributed by atoms with van der Waals surface area (Å²) in [6, 6.07) is 16.5. The van der Waals surface area contributed by atoms with Crippen molar-refractivity contribution in [1.82, 2.24) is 4.90 Å². The van der Waals surface area contributed by atoms with Crippen LogP contribution in [0.1, 0.15) is 43.6 Å². The summed E-state index contributed by atoms with van der Waals surface area (Å²) in [7, 11) is 2.85. The Balaban J connectivity index is 1.66. The highest BCUT2D eigenvalue weighted by atomic mass is 19.1. The molecular weight excluding hydrogens is 453 g/mol. The first-order chi connectivity index (χ1) is 16.9. The molecule has 0 fully saturated rings. The largest absolute Gasteiger partial charge is 0.497 e. The second kappa shape index (κ2) is 8.72. The molecule has 0 saturated heterocycles. The first-order valence-corrected chi connectivity index (χ1v) is 10.8. The number of rotatable bonds is 5. The van der Waals surface area contributed by atoms with E-state index in [0.717, 1.165) is 11.6 Å². The number of carbonyl (C=O) groups is 2. The first kappa shape index (κ1) is 22.3. The zero-order valence-electron chi connectivity index (χ0n) is 18.9. The van der Waals surface area contributed by atoms with Crippen LogP contribution in [0.2, 0.25) is 0 Å². The Morgan fingerprint density at radius 1 is 1.00 bits per heavy atom. The van der Waals surface area contributed by atoms with Crippen LogP contribution >= 0.6 is 0 Å². The van der Waals surface area contributed by atoms with E-state index in [1.807, 2.05) is 12.1 Å². The van der Waals surface area contributed by atoms with Crippen LogP contribution in [-0.4, -0.2) is 31.0 Å². The lowest BCUT2D eigenvalue weighted by atomic mass is 9.97. The van der Waals surface area contributed by atoms with E-state index in [-0.39, 0.29) is 28.8 Å². The van der Waals surface area contributed by atoms with E-state index in [9.17, 15) is 18.8 Å². The molecule has 1 atom stereocenters. The molecular formula is C27H20FNO6. The molecule has 0 radical (unpaired) electrons. The van der Waals surface area contributed by atoms with Gasteiger partial charge in [0, 0.05) is 6.54 Å². The molecule has 1 aliphatic rings. The predicted molar refractivity (Wildman–Crippen MR) is 125 cm³/mol. The second-order valence-electron chi connectivity index (χ2n) is 8.11. The average Bonchev–Trinajstić information content (AvgIpc) is 3.16. The molecule has 1 aliphatic heterocycles. The maximum Gasteiger partial charge on any atom is 0.337 e. The van der Waals surface area contributed by atoms with Crippen molar-refractivity contribution in [1.29, 1.82) is 0 Å². The van der Waals surface area contributed by atoms with Crippen LogP contribution in [-0.2, 0) is 11.3 Å². The Labute approximate surface area is 199 Å². The fourth-order valence-corrected chi connectivity index (χ4v) is 4.35. The van der Waals surface area contributed by atoms with Gasteiger partial charge in [-0.05, 0) is 53.6 Å². The molecule has 0 aliphatic carbocycles. The average molecular weight is 473 g/mol. The van der Waals surface area contributed by atoms with Crippen molar-refractivity contribution in [3.63, 3.8) is 0 Å². The molecule has 1 amide bonds. The summed E-state index contributed by atoms with van der Waals surface area (Å²) in [5, 5.41) is 0.0547. The van der Waals surface area contributed by atoms with Crippen LogP contribution in [0.3, 0.4) is 0 Å². The molecule has 0 saturated carbocycles. The summed E-state index contributed by atoms with van der Waals surface area (Å²) < 4.78 is 29.7. The van der Waals surface area contributed by atoms with E-state index in [2.05, 4.69) is 0 Å². The highest BCUT2D eigenvalue weighted by molar-refractivity contribution is 5.99. The number of halogens is 1. The second-order valence-corrected chi connectivity index (χ2v) is 8.11. The summed E-state index contributed by atoms with van der Waals surface area (Å²) in [6.45, 7) is 0.181. The highest BCUT2D eigenvalue weighted by Gasteiger charge is 2.42. The number of hydrogen-bond donors (Lipinski definition) is 0. The van der Waals surface area contributed by atoms with Gasteiger partial charge in [-0.3, -0.25) is 9.59 Å². The monoisotopic (exact) mass is 473 g/mol. The van der Waals surface area contributed by atoms with Crippen molar-refractivity contribution in [2.75, 3.05) is 14.2 Å². The number of benzene rings is 3. The maximum absolute atomic E-state index is 13.9. The molecule has 0 N–H and O–H groups in total. The Morgan fingerprint density at radius 3 is 2.37 bits per heavy atom. The number of fused-ring (bicyclic) bond motifs is 2. The number of carbonyl (C=O) groups excluding carboxylic acids is 2. The van der Waals surface area contributed by atoms with E-state index < -0.39 is 29.2 Å². The van der Waals surface area contributed by atoms with E-state index in [4.69, 9.17) is 13.9 Å². The number of hydrogen-bond acceptors (Lipinski definition) is 6. The molecule has 1 aromatic heterocycles. The van der Waals surface area contributed by atoms with Gasteiger partial charge in [-0.1, -0.05) is 24.3 Å². The fourth-order valence-electron chi connectivity index (χ4n) is 4.35. The lowest BCUT2D eigenvalue weighted by Gasteiger charge is -2.25. The summed E-state index contributed by atoms with van der Waals surface area (Å²) in [5.74, 6) is -0.950. The first-order valence-electron chi connectivity index (χ1n) is 10.8. The normalized spacial score (nSPS) is 14.8. The molecule has 2 heterocycles. The van der Waals surface area contributed by atoms with Gasteiger partial charge in [0.05, 0.1) is 36.8 Å². The van der Waals surface area contributed by atoms with Crippen LogP contribution in [0.5, 0.6) is 5.75 Å². The standard InChI is InChI=1S/C27H20FNO6/c1-33-19-10-3-15(4-11-19)14-29-23(16-5-7-17(8-6-16)27(32)34-2)22-24(30)20-13-18(28)9-12-21(20)35-25(22)26(29)31/h3-13,23H,14H2,1-2H3/t23-/m0/s1. The van der Waals surface area contributed by atoms with Gasteiger partial charge in [0.1, 0.15) is 17.1 Å². The molecule has 0 unspecified atom stereocenters. The molecule has 35 heavy (non-hydrogen) atoms. The third-order valence-corrected chi connectivity index (χ3v) is 6.09. The Kier molecular flexibility index (Phi) is 5.56. The van der Waals surface area contributed by atoms with Crippen molar-refractivity contribution in [3.8, 4) is 5.75 Å². The number of esters is 1. The van der Waals surface area contributed by atoms with Crippen LogP contribution < -0.4 is 10.2 Å². The van der Waals surface area contributed by atoms with Crippen LogP contribution in [0, 0.1) is 5.82 Å². The fraction of sp³-hybridized carbons (Fsp3) is 0.148. The minimum absolute atomic E-state index is 0.0547. The molecule has 5 rings (SSSR count). The predicted octanol–water partition coefficient (Wildman–Crippen LogP) is 4.47. The molecule has 7 nitrogen and oxygen atoms in total. The van der Waals surface area contributed by atoms with Gasteiger partial charge in [0.15, 0.2) is 5.43 Å². The van der Waals surface area contributed by atoms with Crippen LogP contribution in [0.25, 0.3) is 11.0 Å². The van der Waals surface area contributed by atoms with E-state index in [0.29, 0.717) is 16.9 Å². The lowest BCUT2D eigenvalue weighted by molar-refractivity contribution is 0.0599. The molecule has 4 aromatic rings. The Hall–Kier alpha value is -4.46. The minimum Gasteiger partial charge on any atom is -0.497 e. The SMILES string of the molecule is COC(=O)c1ccc([C@H]2c3c(oc4ccc(F)cc4c3=O)C(=O)N2Cc2ccc(OC)cc2)cc1. The topological polar surface area (TPSA) is 86.0 Å². The Morgan fingerprint density at radius 2 is 1.71 bits per heavy atom. The van der Waals surface area contributed by atoms with Gasteiger partial charge in [-0.2, -0.15) is 0 Å².